The zero-order chi connectivity index (χ0) is 22.8. The summed E-state index contributed by atoms with van der Waals surface area (Å²) in [7, 11) is 3.94. The zero-order valence-corrected chi connectivity index (χ0v) is 20.0. The van der Waals surface area contributed by atoms with Crippen molar-refractivity contribution in [2.45, 2.75) is 24.8 Å². The lowest BCUT2D eigenvalue weighted by molar-refractivity contribution is -0.114. The van der Waals surface area contributed by atoms with Crippen LogP contribution in [0.3, 0.4) is 0 Å². The van der Waals surface area contributed by atoms with Crippen LogP contribution in [0.2, 0.25) is 5.02 Å². The molecule has 31 heavy (non-hydrogen) atoms. The van der Waals surface area contributed by atoms with E-state index in [4.69, 9.17) is 23.8 Å². The first-order valence-electron chi connectivity index (χ1n) is 9.47. The molecule has 2 amide bonds. The highest BCUT2D eigenvalue weighted by molar-refractivity contribution is 8.24. The molecule has 10 heteroatoms. The number of halogens is 1. The molecule has 0 aliphatic carbocycles. The fourth-order valence-corrected chi connectivity index (χ4v) is 5.05. The lowest BCUT2D eigenvalue weighted by Gasteiger charge is -2.34. The quantitative estimate of drug-likeness (QED) is 0.270. The number of thioether (sulfide) groups is 1. The molecule has 1 aliphatic heterocycles. The van der Waals surface area contributed by atoms with Crippen molar-refractivity contribution in [3.8, 4) is 0 Å². The van der Waals surface area contributed by atoms with Gasteiger partial charge in [-0.15, -0.1) is 0 Å². The Kier molecular flexibility index (Phi) is 7.10. The molecular weight excluding hydrogens is 454 g/mol. The van der Waals surface area contributed by atoms with Crippen LogP contribution in [0.1, 0.15) is 19.4 Å². The summed E-state index contributed by atoms with van der Waals surface area (Å²) >= 11 is 12.8. The van der Waals surface area contributed by atoms with Gasteiger partial charge >= 0.3 is 6.03 Å². The van der Waals surface area contributed by atoms with Crippen LogP contribution in [0.25, 0.3) is 0 Å². The maximum atomic E-state index is 12.7. The third kappa shape index (κ3) is 5.48. The molecule has 2 N–H and O–H groups in total. The smallest absolute Gasteiger partial charge is 0.347 e. The van der Waals surface area contributed by atoms with Crippen LogP contribution in [0.15, 0.2) is 53.6 Å². The first-order chi connectivity index (χ1) is 14.6. The summed E-state index contributed by atoms with van der Waals surface area (Å²) in [6.07, 6.45) is 0.852. The number of hydroxylamine groups is 2. The average Bonchev–Trinajstić information content (AvgIpc) is 2.93. The third-order valence-electron chi connectivity index (χ3n) is 4.65. The number of amides is 2. The Morgan fingerprint density at radius 2 is 1.97 bits per heavy atom. The second-order valence-corrected chi connectivity index (χ2v) is 10.4. The number of hydrazone groups is 1. The van der Waals surface area contributed by atoms with Crippen molar-refractivity contribution in [1.82, 2.24) is 10.1 Å². The molecule has 7 nitrogen and oxygen atoms in total. The fourth-order valence-electron chi connectivity index (χ4n) is 3.07. The molecule has 1 saturated heterocycles. The Balaban J connectivity index is 1.80. The largest absolute Gasteiger partial charge is 0.378 e. The van der Waals surface area contributed by atoms with Gasteiger partial charge < -0.3 is 10.2 Å². The Morgan fingerprint density at radius 3 is 2.58 bits per heavy atom. The van der Waals surface area contributed by atoms with Crippen LogP contribution < -0.4 is 10.2 Å². The molecule has 1 heterocycles. The predicted octanol–water partition coefficient (Wildman–Crippen LogP) is 5.10. The molecular formula is C21H24ClN5O2S2. The summed E-state index contributed by atoms with van der Waals surface area (Å²) in [5.74, 6) is 0. The number of benzene rings is 2. The van der Waals surface area contributed by atoms with Crippen molar-refractivity contribution in [2.24, 2.45) is 5.10 Å². The van der Waals surface area contributed by atoms with Crippen molar-refractivity contribution >= 4 is 63.5 Å². The number of rotatable bonds is 5. The Bertz CT molecular complexity index is 998. The summed E-state index contributed by atoms with van der Waals surface area (Å²) in [4.78, 5) is 14.7. The maximum Gasteiger partial charge on any atom is 0.347 e. The normalized spacial score (nSPS) is 17.8. The Labute approximate surface area is 196 Å². The molecule has 0 aromatic heterocycles. The van der Waals surface area contributed by atoms with Crippen LogP contribution in [0.4, 0.5) is 16.2 Å². The van der Waals surface area contributed by atoms with E-state index in [1.807, 2.05) is 57.1 Å². The van der Waals surface area contributed by atoms with E-state index in [-0.39, 0.29) is 0 Å². The number of hydrogen-bond acceptors (Lipinski definition) is 6. The molecule has 0 spiro atoms. The van der Waals surface area contributed by atoms with Crippen molar-refractivity contribution in [2.75, 3.05) is 24.3 Å². The zero-order valence-electron chi connectivity index (χ0n) is 17.6. The van der Waals surface area contributed by atoms with Crippen LogP contribution in [-0.4, -0.2) is 56.9 Å². The number of nitrogens with one attached hydrogen (secondary N) is 1. The first kappa shape index (κ1) is 23.3. The molecule has 0 radical (unpaired) electrons. The van der Waals surface area contributed by atoms with Crippen molar-refractivity contribution in [3.63, 3.8) is 0 Å². The summed E-state index contributed by atoms with van der Waals surface area (Å²) in [6.45, 7) is 3.79. The highest BCUT2D eigenvalue weighted by Crippen LogP contribution is 2.42. The number of thiocarbonyl (C=S) groups is 1. The van der Waals surface area contributed by atoms with E-state index in [0.29, 0.717) is 20.1 Å². The Hall–Kier alpha value is -2.33. The van der Waals surface area contributed by atoms with E-state index < -0.39 is 16.9 Å². The van der Waals surface area contributed by atoms with Crippen molar-refractivity contribution in [1.29, 1.82) is 0 Å². The van der Waals surface area contributed by atoms with Gasteiger partial charge in [0.05, 0.1) is 11.0 Å². The van der Waals surface area contributed by atoms with Gasteiger partial charge in [0, 0.05) is 30.5 Å². The highest BCUT2D eigenvalue weighted by atomic mass is 35.5. The molecule has 0 saturated carbocycles. The lowest BCUT2D eigenvalue weighted by atomic mass is 10.1. The second kappa shape index (κ2) is 9.44. The number of hydrogen-bond donors (Lipinski definition) is 2. The van der Waals surface area contributed by atoms with Crippen molar-refractivity contribution in [3.05, 3.63) is 59.1 Å². The summed E-state index contributed by atoms with van der Waals surface area (Å²) in [5.41, 5.74) is 2.41. The average molecular weight is 478 g/mol. The van der Waals surface area contributed by atoms with Gasteiger partial charge in [-0.05, 0) is 49.7 Å². The SMILES string of the molecule is CN(C)c1ccc(C=NN2C(=S)SC(C)(C)C2N(O)C(=O)Nc2cccc(Cl)c2)cc1. The number of carbonyl (C=O) groups excluding carboxylic acids is 1. The standard InChI is InChI=1S/C21H24ClN5O2S2/c1-21(2)18(27(29)19(28)24-16-7-5-6-15(22)12-16)26(20(30)31-21)23-13-14-8-10-17(11-9-14)25(3)4/h5-13,18,29H,1-4H3,(H,24,28). The van der Waals surface area contributed by atoms with Crippen LogP contribution >= 0.6 is 35.6 Å². The molecule has 1 unspecified atom stereocenters. The minimum atomic E-state index is -0.804. The van der Waals surface area contributed by atoms with Gasteiger partial charge in [-0.2, -0.15) is 10.2 Å². The van der Waals surface area contributed by atoms with E-state index in [0.717, 1.165) is 11.3 Å². The van der Waals surface area contributed by atoms with Gasteiger partial charge in [0.15, 0.2) is 10.5 Å². The number of anilines is 2. The molecule has 164 valence electrons. The van der Waals surface area contributed by atoms with E-state index >= 15 is 0 Å². The van der Waals surface area contributed by atoms with Gasteiger partial charge in [-0.1, -0.05) is 53.8 Å². The Morgan fingerprint density at radius 1 is 1.29 bits per heavy atom. The molecule has 2 aromatic rings. The van der Waals surface area contributed by atoms with E-state index in [9.17, 15) is 10.0 Å². The predicted molar refractivity (Wildman–Crippen MR) is 132 cm³/mol. The minimum Gasteiger partial charge on any atom is -0.378 e. The summed E-state index contributed by atoms with van der Waals surface area (Å²) < 4.78 is -0.130. The summed E-state index contributed by atoms with van der Waals surface area (Å²) in [6, 6.07) is 13.8. The van der Waals surface area contributed by atoms with Gasteiger partial charge in [-0.3, -0.25) is 5.21 Å². The van der Waals surface area contributed by atoms with Gasteiger partial charge in [0.1, 0.15) is 0 Å². The summed E-state index contributed by atoms with van der Waals surface area (Å²) in [5, 5.41) is 20.5. The van der Waals surface area contributed by atoms with Gasteiger partial charge in [-0.25, -0.2) is 9.80 Å². The molecule has 2 aromatic carbocycles. The molecule has 1 atom stereocenters. The lowest BCUT2D eigenvalue weighted by Crippen LogP contribution is -2.54. The van der Waals surface area contributed by atoms with Gasteiger partial charge in [0.2, 0.25) is 0 Å². The van der Waals surface area contributed by atoms with Crippen LogP contribution in [0.5, 0.6) is 0 Å². The minimum absolute atomic E-state index is 0.464. The van der Waals surface area contributed by atoms with Crippen LogP contribution in [0, 0.1) is 0 Å². The van der Waals surface area contributed by atoms with Crippen LogP contribution in [-0.2, 0) is 0 Å². The number of urea groups is 1. The van der Waals surface area contributed by atoms with E-state index in [1.54, 1.807) is 30.5 Å². The van der Waals surface area contributed by atoms with Crippen molar-refractivity contribution < 1.29 is 10.0 Å². The maximum absolute atomic E-state index is 12.7. The molecule has 3 rings (SSSR count). The monoisotopic (exact) mass is 477 g/mol. The highest BCUT2D eigenvalue weighted by Gasteiger charge is 2.50. The van der Waals surface area contributed by atoms with Gasteiger partial charge in [0.25, 0.3) is 0 Å². The number of nitrogens with zero attached hydrogens (tertiary/aromatic N) is 4. The fraction of sp³-hybridized carbons (Fsp3) is 0.286. The third-order valence-corrected chi connectivity index (χ3v) is 6.42. The molecule has 1 aliphatic rings. The molecule has 1 fully saturated rings. The van der Waals surface area contributed by atoms with E-state index in [2.05, 4.69) is 10.4 Å². The number of carbonyl (C=O) groups is 1. The second-order valence-electron chi connectivity index (χ2n) is 7.71. The van der Waals surface area contributed by atoms with E-state index in [1.165, 1.54) is 16.8 Å². The molecule has 0 bridgehead atoms. The topological polar surface area (TPSA) is 71.4 Å². The first-order valence-corrected chi connectivity index (χ1v) is 11.1.